The van der Waals surface area contributed by atoms with E-state index in [1.807, 2.05) is 18.2 Å². The van der Waals surface area contributed by atoms with Gasteiger partial charge in [0.2, 0.25) is 5.91 Å². The maximum Gasteiger partial charge on any atom is 0.274 e. The van der Waals surface area contributed by atoms with Crippen molar-refractivity contribution in [3.63, 3.8) is 0 Å². The lowest BCUT2D eigenvalue weighted by atomic mass is 10.2. The first-order valence-corrected chi connectivity index (χ1v) is 11.5. The zero-order valence-corrected chi connectivity index (χ0v) is 18.4. The minimum atomic E-state index is -0.555. The molecule has 2 amide bonds. The largest absolute Gasteiger partial charge is 0.497 e. The van der Waals surface area contributed by atoms with Crippen LogP contribution in [0.3, 0.4) is 0 Å². The van der Waals surface area contributed by atoms with Gasteiger partial charge in [0.15, 0.2) is 0 Å². The van der Waals surface area contributed by atoms with Crippen LogP contribution in [0.4, 0.5) is 5.69 Å². The standard InChI is InChI=1S/C21H18ClN3O3S2/c1-28-16-7-5-15(6-8-16)23-19(26)18-11-29-12-25(18)21(27)17-10-30-20(24-17)13-3-2-4-14(22)9-13/h2-10,18H,11-12H2,1H3,(H,23,26). The van der Waals surface area contributed by atoms with Crippen molar-refractivity contribution in [2.24, 2.45) is 0 Å². The van der Waals surface area contributed by atoms with Crippen molar-refractivity contribution in [3.05, 3.63) is 64.6 Å². The van der Waals surface area contributed by atoms with Crippen LogP contribution in [0.15, 0.2) is 53.9 Å². The number of thiazole rings is 1. The monoisotopic (exact) mass is 459 g/mol. The molecule has 2 aromatic carbocycles. The maximum absolute atomic E-state index is 13.0. The van der Waals surface area contributed by atoms with Gasteiger partial charge in [-0.15, -0.1) is 23.1 Å². The van der Waals surface area contributed by atoms with Crippen molar-refractivity contribution < 1.29 is 14.3 Å². The van der Waals surface area contributed by atoms with Gasteiger partial charge in [-0.05, 0) is 36.4 Å². The number of carbonyl (C=O) groups is 2. The molecule has 0 saturated carbocycles. The Morgan fingerprint density at radius 2 is 2.03 bits per heavy atom. The van der Waals surface area contributed by atoms with Gasteiger partial charge in [-0.3, -0.25) is 9.59 Å². The number of halogens is 1. The van der Waals surface area contributed by atoms with Crippen LogP contribution in [0.2, 0.25) is 5.02 Å². The Morgan fingerprint density at radius 3 is 2.77 bits per heavy atom. The third-order valence-electron chi connectivity index (χ3n) is 4.60. The van der Waals surface area contributed by atoms with Gasteiger partial charge < -0.3 is 15.0 Å². The van der Waals surface area contributed by atoms with Crippen LogP contribution in [0.5, 0.6) is 5.75 Å². The van der Waals surface area contributed by atoms with Crippen molar-refractivity contribution in [3.8, 4) is 16.3 Å². The minimum absolute atomic E-state index is 0.219. The molecule has 3 aromatic rings. The number of thioether (sulfide) groups is 1. The predicted octanol–water partition coefficient (Wildman–Crippen LogP) is 4.63. The van der Waals surface area contributed by atoms with Crippen LogP contribution in [-0.2, 0) is 4.79 Å². The molecule has 1 saturated heterocycles. The van der Waals surface area contributed by atoms with E-state index in [0.717, 1.165) is 5.56 Å². The fraction of sp³-hybridized carbons (Fsp3) is 0.190. The molecule has 1 atom stereocenters. The number of nitrogens with zero attached hydrogens (tertiary/aromatic N) is 2. The van der Waals surface area contributed by atoms with Crippen molar-refractivity contribution in [2.45, 2.75) is 6.04 Å². The summed E-state index contributed by atoms with van der Waals surface area (Å²) in [6.07, 6.45) is 0. The second-order valence-corrected chi connectivity index (χ2v) is 8.85. The lowest BCUT2D eigenvalue weighted by Gasteiger charge is -2.22. The molecular formula is C21H18ClN3O3S2. The van der Waals surface area contributed by atoms with Crippen LogP contribution in [0.1, 0.15) is 10.5 Å². The maximum atomic E-state index is 13.0. The molecule has 0 bridgehead atoms. The number of methoxy groups -OCH3 is 1. The first-order valence-electron chi connectivity index (χ1n) is 9.10. The highest BCUT2D eigenvalue weighted by molar-refractivity contribution is 7.99. The lowest BCUT2D eigenvalue weighted by molar-refractivity contribution is -0.119. The molecule has 6 nitrogen and oxygen atoms in total. The van der Waals surface area contributed by atoms with Gasteiger partial charge in [0.25, 0.3) is 5.91 Å². The molecule has 1 aliphatic heterocycles. The third kappa shape index (κ3) is 4.45. The average Bonchev–Trinajstić information content (AvgIpc) is 3.44. The second kappa shape index (κ2) is 9.07. The van der Waals surface area contributed by atoms with Gasteiger partial charge in [-0.25, -0.2) is 4.98 Å². The molecule has 4 rings (SSSR count). The van der Waals surface area contributed by atoms with E-state index in [-0.39, 0.29) is 11.8 Å². The van der Waals surface area contributed by atoms with E-state index in [1.165, 1.54) is 11.3 Å². The molecule has 0 spiro atoms. The number of hydrogen-bond acceptors (Lipinski definition) is 6. The smallest absolute Gasteiger partial charge is 0.274 e. The lowest BCUT2D eigenvalue weighted by Crippen LogP contribution is -2.44. The zero-order valence-electron chi connectivity index (χ0n) is 16.0. The molecule has 1 N–H and O–H groups in total. The van der Waals surface area contributed by atoms with E-state index in [2.05, 4.69) is 10.3 Å². The Labute approximate surface area is 187 Å². The highest BCUT2D eigenvalue weighted by Gasteiger charge is 2.36. The summed E-state index contributed by atoms with van der Waals surface area (Å²) in [5.41, 5.74) is 1.85. The third-order valence-corrected chi connectivity index (χ3v) is 6.74. The molecule has 0 radical (unpaired) electrons. The number of anilines is 1. The Balaban J connectivity index is 1.47. The van der Waals surface area contributed by atoms with Crippen molar-refractivity contribution in [1.29, 1.82) is 0 Å². The van der Waals surface area contributed by atoms with Crippen LogP contribution >= 0.6 is 34.7 Å². The van der Waals surface area contributed by atoms with Crippen molar-refractivity contribution in [1.82, 2.24) is 9.88 Å². The quantitative estimate of drug-likeness (QED) is 0.602. The van der Waals surface area contributed by atoms with E-state index in [1.54, 1.807) is 59.5 Å². The fourth-order valence-electron chi connectivity index (χ4n) is 3.03. The molecule has 30 heavy (non-hydrogen) atoms. The first-order chi connectivity index (χ1) is 14.5. The van der Waals surface area contributed by atoms with Crippen LogP contribution < -0.4 is 10.1 Å². The number of ether oxygens (including phenoxy) is 1. The van der Waals surface area contributed by atoms with Gasteiger partial charge in [0.1, 0.15) is 22.5 Å². The average molecular weight is 460 g/mol. The van der Waals surface area contributed by atoms with E-state index >= 15 is 0 Å². The van der Waals surface area contributed by atoms with Gasteiger partial charge in [0, 0.05) is 27.4 Å². The van der Waals surface area contributed by atoms with E-state index in [9.17, 15) is 9.59 Å². The second-order valence-electron chi connectivity index (χ2n) is 6.56. The highest BCUT2D eigenvalue weighted by Crippen LogP contribution is 2.29. The SMILES string of the molecule is COc1ccc(NC(=O)C2CSCN2C(=O)c2csc(-c3cccc(Cl)c3)n2)cc1. The van der Waals surface area contributed by atoms with E-state index < -0.39 is 6.04 Å². The summed E-state index contributed by atoms with van der Waals surface area (Å²) in [6.45, 7) is 0. The van der Waals surface area contributed by atoms with Crippen LogP contribution in [0.25, 0.3) is 10.6 Å². The van der Waals surface area contributed by atoms with Crippen LogP contribution in [0, 0.1) is 0 Å². The number of carbonyl (C=O) groups excluding carboxylic acids is 2. The first kappa shape index (κ1) is 20.7. The van der Waals surface area contributed by atoms with Gasteiger partial charge in [-0.2, -0.15) is 0 Å². The van der Waals surface area contributed by atoms with Crippen molar-refractivity contribution >= 4 is 52.2 Å². The molecular weight excluding hydrogens is 442 g/mol. The summed E-state index contributed by atoms with van der Waals surface area (Å²) < 4.78 is 5.13. The summed E-state index contributed by atoms with van der Waals surface area (Å²) in [6, 6.07) is 13.9. The van der Waals surface area contributed by atoms with E-state index in [0.29, 0.717) is 38.8 Å². The number of aromatic nitrogens is 1. The van der Waals surface area contributed by atoms with Crippen molar-refractivity contribution in [2.75, 3.05) is 24.1 Å². The molecule has 1 aliphatic rings. The van der Waals surface area contributed by atoms with Gasteiger partial charge in [-0.1, -0.05) is 23.7 Å². The topological polar surface area (TPSA) is 71.5 Å². The number of rotatable bonds is 5. The molecule has 154 valence electrons. The highest BCUT2D eigenvalue weighted by atomic mass is 35.5. The summed E-state index contributed by atoms with van der Waals surface area (Å²) in [5.74, 6) is 1.23. The molecule has 1 fully saturated rings. The number of nitrogens with one attached hydrogen (secondary N) is 1. The van der Waals surface area contributed by atoms with Crippen LogP contribution in [-0.4, -0.2) is 46.5 Å². The number of hydrogen-bond donors (Lipinski definition) is 1. The molecule has 9 heteroatoms. The summed E-state index contributed by atoms with van der Waals surface area (Å²) >= 11 is 8.98. The van der Waals surface area contributed by atoms with E-state index in [4.69, 9.17) is 16.3 Å². The Bertz CT molecular complexity index is 1070. The molecule has 1 unspecified atom stereocenters. The number of benzene rings is 2. The summed E-state index contributed by atoms with van der Waals surface area (Å²) in [7, 11) is 1.59. The normalized spacial score (nSPS) is 15.8. The Hall–Kier alpha value is -2.55. The fourth-order valence-corrected chi connectivity index (χ4v) is 5.17. The summed E-state index contributed by atoms with van der Waals surface area (Å²) in [4.78, 5) is 31.9. The Kier molecular flexibility index (Phi) is 6.26. The molecule has 1 aromatic heterocycles. The number of amides is 2. The Morgan fingerprint density at radius 1 is 1.23 bits per heavy atom. The molecule has 2 heterocycles. The molecule has 0 aliphatic carbocycles. The minimum Gasteiger partial charge on any atom is -0.497 e. The van der Waals surface area contributed by atoms with Gasteiger partial charge in [0.05, 0.1) is 13.0 Å². The van der Waals surface area contributed by atoms with Gasteiger partial charge >= 0.3 is 0 Å². The predicted molar refractivity (Wildman–Crippen MR) is 121 cm³/mol. The zero-order chi connectivity index (χ0) is 21.1. The summed E-state index contributed by atoms with van der Waals surface area (Å²) in [5, 5.41) is 5.92.